The van der Waals surface area contributed by atoms with Gasteiger partial charge in [0.1, 0.15) is 0 Å². The number of oxime groups is 1. The summed E-state index contributed by atoms with van der Waals surface area (Å²) in [7, 11) is -4.05. The first kappa shape index (κ1) is 16.3. The zero-order valence-corrected chi connectivity index (χ0v) is 11.6. The average Bonchev–Trinajstić information content (AvgIpc) is 2.40. The first-order valence-electron chi connectivity index (χ1n) is 5.74. The second-order valence-electron chi connectivity index (χ2n) is 4.01. The summed E-state index contributed by atoms with van der Waals surface area (Å²) in [5, 5.41) is 11.2. The number of amidine groups is 1. The molecule has 0 aromatic heterocycles. The van der Waals surface area contributed by atoms with Crippen molar-refractivity contribution in [3.05, 3.63) is 29.8 Å². The van der Waals surface area contributed by atoms with Crippen LogP contribution in [-0.2, 0) is 10.0 Å². The van der Waals surface area contributed by atoms with Gasteiger partial charge in [-0.3, -0.25) is 0 Å². The largest absolute Gasteiger partial charge is 0.409 e. The van der Waals surface area contributed by atoms with E-state index in [0.717, 1.165) is 16.4 Å². The van der Waals surface area contributed by atoms with Crippen LogP contribution in [0.1, 0.15) is 13.3 Å². The lowest BCUT2D eigenvalue weighted by Crippen LogP contribution is -2.39. The van der Waals surface area contributed by atoms with Crippen LogP contribution in [0.25, 0.3) is 0 Å². The Morgan fingerprint density at radius 1 is 1.40 bits per heavy atom. The summed E-state index contributed by atoms with van der Waals surface area (Å²) in [5.41, 5.74) is 5.29. The number of sulfonamides is 1. The van der Waals surface area contributed by atoms with E-state index in [1.165, 1.54) is 0 Å². The molecule has 0 saturated carbocycles. The molecule has 0 heterocycles. The van der Waals surface area contributed by atoms with Gasteiger partial charge in [-0.05, 0) is 24.6 Å². The summed E-state index contributed by atoms with van der Waals surface area (Å²) in [6.07, 6.45) is 0.474. The van der Waals surface area contributed by atoms with Gasteiger partial charge < -0.3 is 10.9 Å². The van der Waals surface area contributed by atoms with Gasteiger partial charge in [-0.2, -0.15) is 4.31 Å². The molecule has 0 aliphatic rings. The number of halogens is 2. The molecule has 0 unspecified atom stereocenters. The third-order valence-corrected chi connectivity index (χ3v) is 4.31. The minimum Gasteiger partial charge on any atom is -0.409 e. The molecule has 0 saturated heterocycles. The molecule has 0 fully saturated rings. The first-order valence-corrected chi connectivity index (χ1v) is 7.18. The van der Waals surface area contributed by atoms with Crippen LogP contribution < -0.4 is 5.73 Å². The van der Waals surface area contributed by atoms with Crippen molar-refractivity contribution in [1.82, 2.24) is 4.31 Å². The summed E-state index contributed by atoms with van der Waals surface area (Å²) in [6, 6.07) is 2.29. The highest BCUT2D eigenvalue weighted by atomic mass is 32.2. The number of hydrogen-bond donors (Lipinski definition) is 2. The van der Waals surface area contributed by atoms with Crippen molar-refractivity contribution in [2.75, 3.05) is 13.1 Å². The number of benzene rings is 1. The van der Waals surface area contributed by atoms with E-state index in [2.05, 4.69) is 5.16 Å². The van der Waals surface area contributed by atoms with Crippen LogP contribution in [0.4, 0.5) is 8.78 Å². The molecule has 0 amide bonds. The normalized spacial score (nSPS) is 12.9. The maximum atomic E-state index is 13.1. The molecule has 0 aliphatic carbocycles. The van der Waals surface area contributed by atoms with Gasteiger partial charge in [0.05, 0.1) is 11.4 Å². The molecular formula is C11H15F2N3O3S. The lowest BCUT2D eigenvalue weighted by molar-refractivity contribution is 0.314. The first-order chi connectivity index (χ1) is 9.32. The summed E-state index contributed by atoms with van der Waals surface area (Å²) in [6.45, 7) is 1.49. The van der Waals surface area contributed by atoms with E-state index in [-0.39, 0.29) is 18.9 Å². The Labute approximate surface area is 115 Å². The van der Waals surface area contributed by atoms with Crippen LogP contribution in [-0.4, -0.2) is 36.9 Å². The highest BCUT2D eigenvalue weighted by Gasteiger charge is 2.25. The van der Waals surface area contributed by atoms with E-state index in [4.69, 9.17) is 10.9 Å². The minimum absolute atomic E-state index is 0.0948. The number of nitrogens with zero attached hydrogens (tertiary/aromatic N) is 2. The van der Waals surface area contributed by atoms with E-state index >= 15 is 0 Å². The molecule has 1 aromatic rings. The Hall–Kier alpha value is -1.74. The quantitative estimate of drug-likeness (QED) is 0.356. The van der Waals surface area contributed by atoms with E-state index < -0.39 is 26.6 Å². The molecule has 3 N–H and O–H groups in total. The van der Waals surface area contributed by atoms with Gasteiger partial charge in [0.15, 0.2) is 17.5 Å². The zero-order chi connectivity index (χ0) is 15.3. The summed E-state index contributed by atoms with van der Waals surface area (Å²) in [4.78, 5) is -0.393. The average molecular weight is 307 g/mol. The number of nitrogens with two attached hydrogens (primary N) is 1. The minimum atomic E-state index is -4.05. The highest BCUT2D eigenvalue weighted by molar-refractivity contribution is 7.89. The molecule has 1 aromatic carbocycles. The monoisotopic (exact) mass is 307 g/mol. The Morgan fingerprint density at radius 3 is 2.55 bits per heavy atom. The van der Waals surface area contributed by atoms with Gasteiger partial charge >= 0.3 is 0 Å². The second-order valence-corrected chi connectivity index (χ2v) is 5.94. The van der Waals surface area contributed by atoms with Crippen molar-refractivity contribution < 1.29 is 22.4 Å². The number of rotatable bonds is 6. The van der Waals surface area contributed by atoms with Crippen molar-refractivity contribution >= 4 is 15.9 Å². The second kappa shape index (κ2) is 6.62. The lowest BCUT2D eigenvalue weighted by Gasteiger charge is -2.20. The Morgan fingerprint density at radius 2 is 2.05 bits per heavy atom. The van der Waals surface area contributed by atoms with Crippen LogP contribution >= 0.6 is 0 Å². The molecule has 0 bridgehead atoms. The predicted molar refractivity (Wildman–Crippen MR) is 68.8 cm³/mol. The number of hydrogen-bond acceptors (Lipinski definition) is 4. The zero-order valence-electron chi connectivity index (χ0n) is 10.8. The summed E-state index contributed by atoms with van der Waals surface area (Å²) in [5.74, 6) is -2.70. The van der Waals surface area contributed by atoms with Crippen LogP contribution in [0.3, 0.4) is 0 Å². The molecule has 0 spiro atoms. The third-order valence-electron chi connectivity index (χ3n) is 2.47. The molecule has 1 rings (SSSR count). The lowest BCUT2D eigenvalue weighted by atomic mass is 10.3. The fourth-order valence-electron chi connectivity index (χ4n) is 1.53. The van der Waals surface area contributed by atoms with E-state index in [0.29, 0.717) is 12.5 Å². The fraction of sp³-hybridized carbons (Fsp3) is 0.364. The molecule has 9 heteroatoms. The van der Waals surface area contributed by atoms with Crippen molar-refractivity contribution in [1.29, 1.82) is 0 Å². The topological polar surface area (TPSA) is 96.0 Å². The Kier molecular flexibility index (Phi) is 5.40. The molecule has 0 radical (unpaired) electrons. The van der Waals surface area contributed by atoms with Crippen LogP contribution in [0, 0.1) is 11.6 Å². The maximum Gasteiger partial charge on any atom is 0.243 e. The SMILES string of the molecule is CCCN(CC(N)=NO)S(=O)(=O)c1ccc(F)c(F)c1. The van der Waals surface area contributed by atoms with Crippen LogP contribution in [0.5, 0.6) is 0 Å². The maximum absolute atomic E-state index is 13.1. The van der Waals surface area contributed by atoms with Gasteiger partial charge in [-0.25, -0.2) is 17.2 Å². The van der Waals surface area contributed by atoms with Crippen LogP contribution in [0.15, 0.2) is 28.3 Å². The van der Waals surface area contributed by atoms with Gasteiger partial charge in [-0.1, -0.05) is 12.1 Å². The molecule has 0 atom stereocenters. The Bertz CT molecular complexity index is 605. The standard InChI is InChI=1S/C11H15F2N3O3S/c1-2-5-16(7-11(14)15-17)20(18,19)8-3-4-9(12)10(13)6-8/h3-4,6,17H,2,5,7H2,1H3,(H2,14,15). The molecule has 0 aliphatic heterocycles. The van der Waals surface area contributed by atoms with Crippen molar-refractivity contribution in [2.24, 2.45) is 10.9 Å². The van der Waals surface area contributed by atoms with E-state index in [9.17, 15) is 17.2 Å². The van der Waals surface area contributed by atoms with Crippen molar-refractivity contribution in [3.63, 3.8) is 0 Å². The van der Waals surface area contributed by atoms with E-state index in [1.807, 2.05) is 0 Å². The third kappa shape index (κ3) is 3.64. The highest BCUT2D eigenvalue weighted by Crippen LogP contribution is 2.18. The van der Waals surface area contributed by atoms with E-state index in [1.54, 1.807) is 6.92 Å². The van der Waals surface area contributed by atoms with Gasteiger partial charge in [-0.15, -0.1) is 0 Å². The van der Waals surface area contributed by atoms with Gasteiger partial charge in [0.25, 0.3) is 0 Å². The summed E-state index contributed by atoms with van der Waals surface area (Å²) < 4.78 is 51.5. The summed E-state index contributed by atoms with van der Waals surface area (Å²) >= 11 is 0. The van der Waals surface area contributed by atoms with Gasteiger partial charge in [0, 0.05) is 6.54 Å². The molecule has 6 nitrogen and oxygen atoms in total. The van der Waals surface area contributed by atoms with Gasteiger partial charge in [0.2, 0.25) is 10.0 Å². The smallest absolute Gasteiger partial charge is 0.243 e. The fourth-order valence-corrected chi connectivity index (χ4v) is 3.05. The van der Waals surface area contributed by atoms with Crippen molar-refractivity contribution in [2.45, 2.75) is 18.2 Å². The molecular weight excluding hydrogens is 292 g/mol. The van der Waals surface area contributed by atoms with Crippen LogP contribution in [0.2, 0.25) is 0 Å². The molecule has 20 heavy (non-hydrogen) atoms. The van der Waals surface area contributed by atoms with Crippen molar-refractivity contribution in [3.8, 4) is 0 Å². The predicted octanol–water partition coefficient (Wildman–Crippen LogP) is 1.11. The molecule has 112 valence electrons. The Balaban J connectivity index is 3.18.